The molecule has 2 aromatic rings. The van der Waals surface area contributed by atoms with Crippen LogP contribution in [0.5, 0.6) is 0 Å². The smallest absolute Gasteiger partial charge is 0.382 e. The van der Waals surface area contributed by atoms with E-state index in [1.165, 1.54) is 13.8 Å². The number of nitrogens with zero attached hydrogens (tertiary/aromatic N) is 4. The Labute approximate surface area is 160 Å². The Bertz CT molecular complexity index is 990. The van der Waals surface area contributed by atoms with Crippen molar-refractivity contribution in [3.05, 3.63) is 12.7 Å². The maximum absolute atomic E-state index is 15.3. The van der Waals surface area contributed by atoms with E-state index in [2.05, 4.69) is 15.0 Å². The third kappa shape index (κ3) is 3.01. The SMILES string of the molecule is CC(C)OP1(=O)OC[C@@]2(C(F)F)O[C@@H](n3cnc4c(N)ncnc43)C(F)(F)[C@@H]2O1. The number of fused-ring (bicyclic) bond motifs is 2. The van der Waals surface area contributed by atoms with E-state index in [0.717, 1.165) is 17.2 Å². The predicted octanol–water partition coefficient (Wildman–Crippen LogP) is 2.53. The van der Waals surface area contributed by atoms with Gasteiger partial charge in [-0.2, -0.15) is 8.78 Å². The monoisotopic (exact) mass is 441 g/mol. The number of hydrogen-bond acceptors (Lipinski definition) is 9. The van der Waals surface area contributed by atoms with Crippen LogP contribution in [0.1, 0.15) is 20.1 Å². The molecular formula is C14H16F4N5O5P. The highest BCUT2D eigenvalue weighted by Gasteiger charge is 2.75. The van der Waals surface area contributed by atoms with Gasteiger partial charge in [-0.3, -0.25) is 18.1 Å². The Morgan fingerprint density at radius 2 is 2.07 bits per heavy atom. The number of anilines is 1. The number of nitrogen functional groups attached to an aromatic ring is 1. The lowest BCUT2D eigenvalue weighted by Gasteiger charge is -2.39. The number of alkyl halides is 4. The van der Waals surface area contributed by atoms with Crippen molar-refractivity contribution < 1.29 is 40.4 Å². The second-order valence-electron chi connectivity index (χ2n) is 6.84. The predicted molar refractivity (Wildman–Crippen MR) is 88.2 cm³/mol. The fraction of sp³-hybridized carbons (Fsp3) is 0.643. The van der Waals surface area contributed by atoms with E-state index in [9.17, 15) is 13.3 Å². The molecule has 4 rings (SSSR count). The Balaban J connectivity index is 1.79. The molecule has 0 amide bonds. The van der Waals surface area contributed by atoms with Gasteiger partial charge in [0.15, 0.2) is 23.2 Å². The first-order chi connectivity index (χ1) is 13.5. The standard InChI is InChI=1S/C14H16F4N5O5P/c1-6(2)27-29(24)25-3-13(11(15)16)10(28-29)14(17,18)12(26-13)23-5-22-7-8(19)20-4-21-9(7)23/h4-6,10-12H,3H2,1-2H3,(H2,19,20,21)/t10-,12-,13-,29?/m1/s1. The van der Waals surface area contributed by atoms with Crippen LogP contribution in [0.15, 0.2) is 12.7 Å². The number of imidazole rings is 1. The van der Waals surface area contributed by atoms with Crippen LogP contribution in [-0.2, 0) is 22.9 Å². The van der Waals surface area contributed by atoms with E-state index in [1.807, 2.05) is 0 Å². The molecule has 4 heterocycles. The van der Waals surface area contributed by atoms with Gasteiger partial charge in [0.1, 0.15) is 11.8 Å². The normalized spacial score (nSPS) is 34.2. The maximum atomic E-state index is 15.3. The summed E-state index contributed by atoms with van der Waals surface area (Å²) in [6.07, 6.45) is -7.20. The highest BCUT2D eigenvalue weighted by atomic mass is 31.2. The Kier molecular flexibility index (Phi) is 4.63. The lowest BCUT2D eigenvalue weighted by molar-refractivity contribution is -0.208. The van der Waals surface area contributed by atoms with E-state index >= 15 is 8.78 Å². The molecular weight excluding hydrogens is 425 g/mol. The van der Waals surface area contributed by atoms with E-state index < -0.39 is 50.8 Å². The molecule has 1 unspecified atom stereocenters. The van der Waals surface area contributed by atoms with Gasteiger partial charge in [0, 0.05) is 0 Å². The Morgan fingerprint density at radius 3 is 2.72 bits per heavy atom. The van der Waals surface area contributed by atoms with Crippen molar-refractivity contribution >= 4 is 24.8 Å². The summed E-state index contributed by atoms with van der Waals surface area (Å²) in [4.78, 5) is 11.4. The number of nitrogens with two attached hydrogens (primary N) is 1. The van der Waals surface area contributed by atoms with Crippen LogP contribution in [0, 0.1) is 0 Å². The van der Waals surface area contributed by atoms with Gasteiger partial charge in [-0.1, -0.05) is 0 Å². The topological polar surface area (TPSA) is 124 Å². The molecule has 2 saturated heterocycles. The minimum atomic E-state index is -4.52. The molecule has 0 aromatic carbocycles. The van der Waals surface area contributed by atoms with Gasteiger partial charge >= 0.3 is 13.7 Å². The number of halogens is 4. The van der Waals surface area contributed by atoms with Crippen LogP contribution >= 0.6 is 7.82 Å². The molecule has 4 atom stereocenters. The van der Waals surface area contributed by atoms with E-state index in [-0.39, 0.29) is 17.0 Å². The van der Waals surface area contributed by atoms with Crippen molar-refractivity contribution in [3.63, 3.8) is 0 Å². The minimum absolute atomic E-state index is 0.0150. The molecule has 0 saturated carbocycles. The van der Waals surface area contributed by atoms with Crippen LogP contribution in [0.3, 0.4) is 0 Å². The van der Waals surface area contributed by atoms with Gasteiger partial charge in [0.05, 0.1) is 19.0 Å². The summed E-state index contributed by atoms with van der Waals surface area (Å²) in [5.41, 5.74) is 2.57. The zero-order valence-electron chi connectivity index (χ0n) is 15.0. The third-order valence-electron chi connectivity index (χ3n) is 4.49. The fourth-order valence-electron chi connectivity index (χ4n) is 3.24. The van der Waals surface area contributed by atoms with Crippen molar-refractivity contribution in [1.29, 1.82) is 0 Å². The van der Waals surface area contributed by atoms with Gasteiger partial charge in [0.25, 0.3) is 6.43 Å². The molecule has 0 spiro atoms. The summed E-state index contributed by atoms with van der Waals surface area (Å²) < 4.78 is 91.3. The van der Waals surface area contributed by atoms with Crippen molar-refractivity contribution in [3.8, 4) is 0 Å². The van der Waals surface area contributed by atoms with E-state index in [4.69, 9.17) is 24.0 Å². The van der Waals surface area contributed by atoms with Crippen molar-refractivity contribution in [2.75, 3.05) is 12.3 Å². The van der Waals surface area contributed by atoms with Crippen LogP contribution < -0.4 is 5.73 Å². The van der Waals surface area contributed by atoms with Crippen LogP contribution in [0.2, 0.25) is 0 Å². The van der Waals surface area contributed by atoms with Crippen molar-refractivity contribution in [2.45, 2.75) is 50.2 Å². The third-order valence-corrected chi connectivity index (χ3v) is 6.08. The van der Waals surface area contributed by atoms with Crippen LogP contribution in [0.25, 0.3) is 11.2 Å². The number of hydrogen-bond donors (Lipinski definition) is 1. The highest BCUT2D eigenvalue weighted by molar-refractivity contribution is 7.48. The lowest BCUT2D eigenvalue weighted by Crippen LogP contribution is -2.57. The van der Waals surface area contributed by atoms with Crippen LogP contribution in [0.4, 0.5) is 23.4 Å². The van der Waals surface area contributed by atoms with Gasteiger partial charge in [-0.15, -0.1) is 0 Å². The average Bonchev–Trinajstić information content (AvgIpc) is 3.13. The molecule has 29 heavy (non-hydrogen) atoms. The zero-order valence-corrected chi connectivity index (χ0v) is 15.9. The minimum Gasteiger partial charge on any atom is -0.382 e. The average molecular weight is 441 g/mol. The molecule has 2 aliphatic heterocycles. The summed E-state index contributed by atoms with van der Waals surface area (Å²) in [6, 6.07) is 0. The number of aromatic nitrogens is 4. The first-order valence-corrected chi connectivity index (χ1v) is 9.84. The molecule has 0 aliphatic carbocycles. The van der Waals surface area contributed by atoms with E-state index in [1.54, 1.807) is 0 Å². The van der Waals surface area contributed by atoms with Crippen molar-refractivity contribution in [2.24, 2.45) is 0 Å². The fourth-order valence-corrected chi connectivity index (χ4v) is 4.86. The first kappa shape index (κ1) is 20.4. The Hall–Kier alpha value is -1.86. The summed E-state index contributed by atoms with van der Waals surface area (Å²) in [6.45, 7) is 1.78. The summed E-state index contributed by atoms with van der Waals surface area (Å²) in [7, 11) is -4.52. The molecule has 2 aliphatic rings. The molecule has 2 aromatic heterocycles. The molecule has 10 nitrogen and oxygen atoms in total. The molecule has 15 heteroatoms. The summed E-state index contributed by atoms with van der Waals surface area (Å²) in [5, 5.41) is 0. The van der Waals surface area contributed by atoms with Crippen molar-refractivity contribution in [1.82, 2.24) is 19.5 Å². The Morgan fingerprint density at radius 1 is 1.34 bits per heavy atom. The van der Waals surface area contributed by atoms with Gasteiger partial charge < -0.3 is 10.5 Å². The molecule has 0 radical (unpaired) electrons. The molecule has 2 N–H and O–H groups in total. The lowest BCUT2D eigenvalue weighted by atomic mass is 9.96. The second-order valence-corrected chi connectivity index (χ2v) is 8.42. The van der Waals surface area contributed by atoms with Gasteiger partial charge in [-0.05, 0) is 13.8 Å². The summed E-state index contributed by atoms with van der Waals surface area (Å²) in [5.74, 6) is -4.17. The number of phosphoric ester groups is 1. The van der Waals surface area contributed by atoms with Crippen LogP contribution in [-0.4, -0.2) is 56.3 Å². The first-order valence-electron chi connectivity index (χ1n) is 8.38. The number of rotatable bonds is 4. The van der Waals surface area contributed by atoms with E-state index in [0.29, 0.717) is 0 Å². The maximum Gasteiger partial charge on any atom is 0.475 e. The second kappa shape index (κ2) is 6.57. The molecule has 0 bridgehead atoms. The number of phosphoric acid groups is 1. The zero-order chi connectivity index (χ0) is 21.2. The largest absolute Gasteiger partial charge is 0.475 e. The highest BCUT2D eigenvalue weighted by Crippen LogP contribution is 2.64. The molecule has 2 fully saturated rings. The quantitative estimate of drug-likeness (QED) is 0.563. The van der Waals surface area contributed by atoms with Gasteiger partial charge in [0.2, 0.25) is 6.23 Å². The summed E-state index contributed by atoms with van der Waals surface area (Å²) >= 11 is 0. The molecule has 160 valence electrons. The van der Waals surface area contributed by atoms with Gasteiger partial charge in [-0.25, -0.2) is 28.3 Å². The number of ether oxygens (including phenoxy) is 1.